The minimum Gasteiger partial charge on any atom is -0.494 e. The molecule has 2 saturated heterocycles. The second-order valence-electron chi connectivity index (χ2n) is 7.56. The van der Waals surface area contributed by atoms with Crippen LogP contribution in [0.4, 0.5) is 11.4 Å². The molecule has 154 valence electrons. The third-order valence-electron chi connectivity index (χ3n) is 5.90. The van der Waals surface area contributed by atoms with E-state index in [2.05, 4.69) is 27.7 Å². The third-order valence-corrected chi connectivity index (χ3v) is 7.06. The topological polar surface area (TPSA) is 84.7 Å². The van der Waals surface area contributed by atoms with Crippen LogP contribution in [-0.4, -0.2) is 34.9 Å². The number of rotatable bonds is 6. The van der Waals surface area contributed by atoms with Crippen LogP contribution in [0.25, 0.3) is 0 Å². The highest BCUT2D eigenvalue weighted by Gasteiger charge is 2.43. The fourth-order valence-electron chi connectivity index (χ4n) is 4.51. The average Bonchev–Trinajstić information content (AvgIpc) is 3.27. The number of nitro benzene ring substituents is 1. The molecule has 2 aliphatic rings. The molecule has 2 aromatic rings. The average molecular weight is 436 g/mol. The molecule has 2 aliphatic heterocycles. The highest BCUT2D eigenvalue weighted by molar-refractivity contribution is 7.09. The summed E-state index contributed by atoms with van der Waals surface area (Å²) in [6.45, 7) is 0.952. The summed E-state index contributed by atoms with van der Waals surface area (Å²) >= 11 is 7.78. The molecule has 2 unspecified atom stereocenters. The number of ether oxygens (including phenoxy) is 1. The summed E-state index contributed by atoms with van der Waals surface area (Å²) in [5.74, 6) is 0.0548. The summed E-state index contributed by atoms with van der Waals surface area (Å²) in [6.07, 6.45) is 3.87. The SMILES string of the molecule is COc1cc([N+](=O)[O-])c(Cl)cc1NC(=O)C1CC2CCC(C1)N2Cc1cccs1. The van der Waals surface area contributed by atoms with Gasteiger partial charge in [-0.15, -0.1) is 11.3 Å². The van der Waals surface area contributed by atoms with Crippen LogP contribution in [-0.2, 0) is 11.3 Å². The van der Waals surface area contributed by atoms with Gasteiger partial charge in [0.1, 0.15) is 10.8 Å². The van der Waals surface area contributed by atoms with Gasteiger partial charge in [-0.1, -0.05) is 17.7 Å². The lowest BCUT2D eigenvalue weighted by atomic mass is 9.89. The monoisotopic (exact) mass is 435 g/mol. The number of nitrogens with zero attached hydrogens (tertiary/aromatic N) is 2. The third kappa shape index (κ3) is 4.10. The number of nitro groups is 1. The van der Waals surface area contributed by atoms with Crippen LogP contribution in [0.15, 0.2) is 29.6 Å². The second kappa shape index (κ2) is 8.30. The van der Waals surface area contributed by atoms with Crippen molar-refractivity contribution in [3.8, 4) is 5.75 Å². The van der Waals surface area contributed by atoms with E-state index in [1.807, 2.05) is 0 Å². The first kappa shape index (κ1) is 20.1. The summed E-state index contributed by atoms with van der Waals surface area (Å²) in [6, 6.07) is 7.68. The predicted molar refractivity (Wildman–Crippen MR) is 113 cm³/mol. The van der Waals surface area contributed by atoms with Crippen LogP contribution >= 0.6 is 22.9 Å². The summed E-state index contributed by atoms with van der Waals surface area (Å²) in [5.41, 5.74) is 0.114. The van der Waals surface area contributed by atoms with E-state index in [-0.39, 0.29) is 28.3 Å². The number of halogens is 1. The minimum atomic E-state index is -0.572. The van der Waals surface area contributed by atoms with Gasteiger partial charge in [-0.3, -0.25) is 19.8 Å². The Kier molecular flexibility index (Phi) is 5.76. The summed E-state index contributed by atoms with van der Waals surface area (Å²) in [5, 5.41) is 16.0. The number of hydrogen-bond acceptors (Lipinski definition) is 6. The lowest BCUT2D eigenvalue weighted by molar-refractivity contribution is -0.384. The van der Waals surface area contributed by atoms with E-state index in [1.54, 1.807) is 11.3 Å². The molecule has 4 rings (SSSR count). The molecule has 1 aromatic carbocycles. The van der Waals surface area contributed by atoms with Gasteiger partial charge in [0.25, 0.3) is 5.69 Å². The lowest BCUT2D eigenvalue weighted by Crippen LogP contribution is -2.45. The molecule has 2 fully saturated rings. The molecule has 9 heteroatoms. The maximum atomic E-state index is 12.9. The van der Waals surface area contributed by atoms with Gasteiger partial charge >= 0.3 is 0 Å². The van der Waals surface area contributed by atoms with Crippen LogP contribution in [0.3, 0.4) is 0 Å². The Morgan fingerprint density at radius 3 is 2.69 bits per heavy atom. The number of fused-ring (bicyclic) bond motifs is 2. The van der Waals surface area contributed by atoms with Crippen molar-refractivity contribution in [2.24, 2.45) is 5.92 Å². The van der Waals surface area contributed by atoms with Gasteiger partial charge in [-0.2, -0.15) is 0 Å². The van der Waals surface area contributed by atoms with Crippen molar-refractivity contribution < 1.29 is 14.5 Å². The van der Waals surface area contributed by atoms with Gasteiger partial charge in [0, 0.05) is 29.4 Å². The molecule has 2 bridgehead atoms. The molecule has 0 aliphatic carbocycles. The first-order valence-corrected chi connectivity index (χ1v) is 10.8. The van der Waals surface area contributed by atoms with Crippen LogP contribution in [0.2, 0.25) is 5.02 Å². The fraction of sp³-hybridized carbons (Fsp3) is 0.450. The first-order chi connectivity index (χ1) is 14.0. The zero-order valence-electron chi connectivity index (χ0n) is 16.0. The van der Waals surface area contributed by atoms with E-state index in [0.717, 1.165) is 32.2 Å². The summed E-state index contributed by atoms with van der Waals surface area (Å²) in [7, 11) is 1.41. The van der Waals surface area contributed by atoms with Crippen molar-refractivity contribution in [1.29, 1.82) is 0 Å². The largest absolute Gasteiger partial charge is 0.494 e. The normalized spacial score (nSPS) is 23.7. The number of carbonyl (C=O) groups excluding carboxylic acids is 1. The Labute approximate surface area is 177 Å². The molecular formula is C20H22ClN3O4S. The molecule has 2 atom stereocenters. The Hall–Kier alpha value is -2.16. The molecule has 3 heterocycles. The maximum absolute atomic E-state index is 12.9. The van der Waals surface area contributed by atoms with Crippen molar-refractivity contribution in [2.75, 3.05) is 12.4 Å². The Bertz CT molecular complexity index is 907. The Morgan fingerprint density at radius 2 is 2.10 bits per heavy atom. The summed E-state index contributed by atoms with van der Waals surface area (Å²) < 4.78 is 5.22. The van der Waals surface area contributed by atoms with E-state index >= 15 is 0 Å². The van der Waals surface area contributed by atoms with E-state index in [0.29, 0.717) is 17.8 Å². The molecule has 29 heavy (non-hydrogen) atoms. The lowest BCUT2D eigenvalue weighted by Gasteiger charge is -2.38. The van der Waals surface area contributed by atoms with Crippen molar-refractivity contribution in [3.63, 3.8) is 0 Å². The molecule has 0 spiro atoms. The number of benzene rings is 1. The first-order valence-electron chi connectivity index (χ1n) is 9.57. The number of methoxy groups -OCH3 is 1. The predicted octanol–water partition coefficient (Wildman–Crippen LogP) is 4.70. The van der Waals surface area contributed by atoms with Crippen LogP contribution < -0.4 is 10.1 Å². The van der Waals surface area contributed by atoms with E-state index in [1.165, 1.54) is 24.1 Å². The maximum Gasteiger partial charge on any atom is 0.291 e. The Balaban J connectivity index is 1.45. The van der Waals surface area contributed by atoms with E-state index in [9.17, 15) is 14.9 Å². The number of amides is 1. The number of hydrogen-bond donors (Lipinski definition) is 1. The van der Waals surface area contributed by atoms with Gasteiger partial charge in [-0.25, -0.2) is 0 Å². The molecule has 0 saturated carbocycles. The van der Waals surface area contributed by atoms with Gasteiger partial charge in [-0.05, 0) is 43.2 Å². The number of nitrogens with one attached hydrogen (secondary N) is 1. The van der Waals surface area contributed by atoms with Crippen molar-refractivity contribution >= 4 is 40.2 Å². The molecule has 1 amide bonds. The van der Waals surface area contributed by atoms with Crippen LogP contribution in [0, 0.1) is 16.0 Å². The number of thiophene rings is 1. The van der Waals surface area contributed by atoms with E-state index < -0.39 is 4.92 Å². The molecule has 0 radical (unpaired) electrons. The van der Waals surface area contributed by atoms with Crippen LogP contribution in [0.5, 0.6) is 5.75 Å². The fourth-order valence-corrected chi connectivity index (χ4v) is 5.46. The standard InChI is InChI=1S/C20H22ClN3O4S/c1-28-19-10-18(24(26)27)16(21)9-17(19)22-20(25)12-7-13-4-5-14(8-12)23(13)11-15-3-2-6-29-15/h2-3,6,9-10,12-14H,4-5,7-8,11H2,1H3,(H,22,25). The molecule has 7 nitrogen and oxygen atoms in total. The zero-order chi connectivity index (χ0) is 20.5. The smallest absolute Gasteiger partial charge is 0.291 e. The molecule has 1 aromatic heterocycles. The highest BCUT2D eigenvalue weighted by Crippen LogP contribution is 2.41. The van der Waals surface area contributed by atoms with Crippen molar-refractivity contribution in [1.82, 2.24) is 4.90 Å². The minimum absolute atomic E-state index is 0.0306. The number of carbonyl (C=O) groups is 1. The zero-order valence-corrected chi connectivity index (χ0v) is 17.5. The van der Waals surface area contributed by atoms with Gasteiger partial charge in [0.05, 0.1) is 23.8 Å². The van der Waals surface area contributed by atoms with Crippen LogP contribution in [0.1, 0.15) is 30.6 Å². The Morgan fingerprint density at radius 1 is 1.38 bits per heavy atom. The second-order valence-corrected chi connectivity index (χ2v) is 8.99. The number of piperidine rings is 1. The highest BCUT2D eigenvalue weighted by atomic mass is 35.5. The van der Waals surface area contributed by atoms with Gasteiger partial charge in [0.2, 0.25) is 5.91 Å². The molecule has 1 N–H and O–H groups in total. The quantitative estimate of drug-likeness (QED) is 0.525. The van der Waals surface area contributed by atoms with E-state index in [4.69, 9.17) is 16.3 Å². The van der Waals surface area contributed by atoms with Crippen molar-refractivity contribution in [2.45, 2.75) is 44.3 Å². The number of anilines is 1. The van der Waals surface area contributed by atoms with Gasteiger partial charge < -0.3 is 10.1 Å². The van der Waals surface area contributed by atoms with Gasteiger partial charge in [0.15, 0.2) is 0 Å². The molecular weight excluding hydrogens is 414 g/mol. The van der Waals surface area contributed by atoms with Crippen molar-refractivity contribution in [3.05, 3.63) is 49.7 Å². The summed E-state index contributed by atoms with van der Waals surface area (Å²) in [4.78, 5) is 27.3.